The second-order valence-electron chi connectivity index (χ2n) is 6.39. The summed E-state index contributed by atoms with van der Waals surface area (Å²) in [4.78, 5) is 12.7. The maximum Gasteiger partial charge on any atom is 0.168 e. The average Bonchev–Trinajstić information content (AvgIpc) is 2.75. The molecule has 0 aromatic heterocycles. The van der Waals surface area contributed by atoms with Gasteiger partial charge in [-0.2, -0.15) is 0 Å². The predicted octanol–water partition coefficient (Wildman–Crippen LogP) is 3.07. The van der Waals surface area contributed by atoms with Crippen molar-refractivity contribution in [3.05, 3.63) is 41.5 Å². The summed E-state index contributed by atoms with van der Waals surface area (Å²) in [6.07, 6.45) is 3.86. The molecular weight excluding hydrogens is 236 g/mol. The molecule has 100 valence electrons. The molecule has 0 spiro atoms. The van der Waals surface area contributed by atoms with Crippen LogP contribution in [0.25, 0.3) is 6.08 Å². The summed E-state index contributed by atoms with van der Waals surface area (Å²) in [5.74, 6) is 0.451. The quantitative estimate of drug-likeness (QED) is 0.826. The Morgan fingerprint density at radius 3 is 2.58 bits per heavy atom. The van der Waals surface area contributed by atoms with Crippen LogP contribution in [0.4, 0.5) is 0 Å². The first-order valence-electron chi connectivity index (χ1n) is 6.95. The molecule has 0 radical (unpaired) electrons. The number of ketones is 1. The van der Waals surface area contributed by atoms with Gasteiger partial charge >= 0.3 is 0 Å². The summed E-state index contributed by atoms with van der Waals surface area (Å²) in [5, 5.41) is 9.79. The Morgan fingerprint density at radius 2 is 2.00 bits per heavy atom. The molecule has 0 amide bonds. The number of fused-ring (bicyclic) bond motifs is 2. The lowest BCUT2D eigenvalue weighted by Crippen LogP contribution is -2.39. The molecule has 2 aliphatic carbocycles. The highest BCUT2D eigenvalue weighted by Gasteiger charge is 2.66. The molecule has 2 atom stereocenters. The molecule has 2 nitrogen and oxygen atoms in total. The molecule has 2 heteroatoms. The van der Waals surface area contributed by atoms with E-state index in [9.17, 15) is 9.90 Å². The Kier molecular flexibility index (Phi) is 2.68. The lowest BCUT2D eigenvalue weighted by Gasteiger charge is -2.33. The maximum absolute atomic E-state index is 12.7. The minimum absolute atomic E-state index is 0.0263. The number of benzene rings is 1. The van der Waals surface area contributed by atoms with Crippen LogP contribution in [0.3, 0.4) is 0 Å². The normalized spacial score (nSPS) is 34.2. The Morgan fingerprint density at radius 1 is 1.32 bits per heavy atom. The van der Waals surface area contributed by atoms with Crippen molar-refractivity contribution in [2.24, 2.45) is 16.7 Å². The van der Waals surface area contributed by atoms with Gasteiger partial charge in [-0.05, 0) is 35.8 Å². The van der Waals surface area contributed by atoms with E-state index in [0.29, 0.717) is 0 Å². The Balaban J connectivity index is 2.07. The molecule has 2 aliphatic rings. The lowest BCUT2D eigenvalue weighted by molar-refractivity contribution is -0.129. The topological polar surface area (TPSA) is 37.3 Å². The molecule has 1 aromatic carbocycles. The molecule has 2 bridgehead atoms. The number of rotatable bonds is 2. The number of carbonyl (C=O) groups is 1. The number of hydrogen-bond acceptors (Lipinski definition) is 2. The first kappa shape index (κ1) is 12.6. The van der Waals surface area contributed by atoms with E-state index in [1.165, 1.54) is 0 Å². The third kappa shape index (κ3) is 1.50. The van der Waals surface area contributed by atoms with Crippen LogP contribution in [0.15, 0.2) is 35.9 Å². The van der Waals surface area contributed by atoms with Crippen molar-refractivity contribution in [2.75, 3.05) is 6.61 Å². The molecule has 0 heterocycles. The molecule has 0 saturated heterocycles. The third-order valence-corrected chi connectivity index (χ3v) is 5.43. The van der Waals surface area contributed by atoms with Gasteiger partial charge in [-0.3, -0.25) is 4.79 Å². The van der Waals surface area contributed by atoms with Crippen molar-refractivity contribution >= 4 is 11.9 Å². The fourth-order valence-corrected chi connectivity index (χ4v) is 4.04. The van der Waals surface area contributed by atoms with Crippen LogP contribution >= 0.6 is 0 Å². The summed E-state index contributed by atoms with van der Waals surface area (Å²) in [6.45, 7) is 4.23. The van der Waals surface area contributed by atoms with E-state index >= 15 is 0 Å². The highest BCUT2D eigenvalue weighted by atomic mass is 16.3. The molecule has 1 N–H and O–H groups in total. The zero-order chi connectivity index (χ0) is 13.7. The number of aliphatic hydroxyl groups is 1. The van der Waals surface area contributed by atoms with Gasteiger partial charge in [0.25, 0.3) is 0 Å². The van der Waals surface area contributed by atoms with E-state index in [-0.39, 0.29) is 23.7 Å². The number of carbonyl (C=O) groups excluding carboxylic acids is 1. The van der Waals surface area contributed by atoms with Crippen LogP contribution < -0.4 is 0 Å². The van der Waals surface area contributed by atoms with Crippen molar-refractivity contribution in [2.45, 2.75) is 26.7 Å². The van der Waals surface area contributed by atoms with Crippen LogP contribution in [-0.2, 0) is 4.79 Å². The molecular formula is C17H20O2. The molecule has 19 heavy (non-hydrogen) atoms. The Bertz CT molecular complexity index is 542. The van der Waals surface area contributed by atoms with Crippen LogP contribution in [0.2, 0.25) is 0 Å². The van der Waals surface area contributed by atoms with E-state index < -0.39 is 5.41 Å². The fourth-order valence-electron chi connectivity index (χ4n) is 4.04. The van der Waals surface area contributed by atoms with Gasteiger partial charge in [0, 0.05) is 5.57 Å². The number of allylic oxidation sites excluding steroid dienone is 1. The molecule has 3 rings (SSSR count). The van der Waals surface area contributed by atoms with Gasteiger partial charge in [-0.25, -0.2) is 0 Å². The largest absolute Gasteiger partial charge is 0.395 e. The maximum atomic E-state index is 12.7. The molecule has 2 unspecified atom stereocenters. The summed E-state index contributed by atoms with van der Waals surface area (Å²) in [5.41, 5.74) is 1.32. The smallest absolute Gasteiger partial charge is 0.168 e. The lowest BCUT2D eigenvalue weighted by atomic mass is 9.69. The van der Waals surface area contributed by atoms with Gasteiger partial charge in [-0.15, -0.1) is 0 Å². The minimum Gasteiger partial charge on any atom is -0.395 e. The van der Waals surface area contributed by atoms with Crippen molar-refractivity contribution < 1.29 is 9.90 Å². The predicted molar refractivity (Wildman–Crippen MR) is 75.4 cm³/mol. The fraction of sp³-hybridized carbons (Fsp3) is 0.471. The Hall–Kier alpha value is -1.41. The van der Waals surface area contributed by atoms with Crippen molar-refractivity contribution in [1.29, 1.82) is 0 Å². The van der Waals surface area contributed by atoms with Gasteiger partial charge in [-0.1, -0.05) is 44.2 Å². The zero-order valence-electron chi connectivity index (χ0n) is 11.5. The van der Waals surface area contributed by atoms with E-state index in [0.717, 1.165) is 24.0 Å². The summed E-state index contributed by atoms with van der Waals surface area (Å²) in [6, 6.07) is 9.98. The highest BCUT2D eigenvalue weighted by Crippen LogP contribution is 2.65. The first-order chi connectivity index (χ1) is 9.03. The first-order valence-corrected chi connectivity index (χ1v) is 6.95. The highest BCUT2D eigenvalue weighted by molar-refractivity contribution is 6.08. The molecule has 2 fully saturated rings. The number of aliphatic hydroxyl groups excluding tert-OH is 1. The summed E-state index contributed by atoms with van der Waals surface area (Å²) in [7, 11) is 0. The third-order valence-electron chi connectivity index (χ3n) is 5.43. The average molecular weight is 256 g/mol. The SMILES string of the molecule is CC1(C)C2CCC1(CO)C(=O)C2=Cc1ccccc1. The monoisotopic (exact) mass is 256 g/mol. The van der Waals surface area contributed by atoms with Gasteiger partial charge in [0.1, 0.15) is 0 Å². The van der Waals surface area contributed by atoms with Gasteiger partial charge in [0.15, 0.2) is 5.78 Å². The summed E-state index contributed by atoms with van der Waals surface area (Å²) < 4.78 is 0. The van der Waals surface area contributed by atoms with Crippen LogP contribution in [0.5, 0.6) is 0 Å². The van der Waals surface area contributed by atoms with Crippen LogP contribution in [-0.4, -0.2) is 17.5 Å². The van der Waals surface area contributed by atoms with E-state index in [2.05, 4.69) is 13.8 Å². The number of hydrogen-bond donors (Lipinski definition) is 1. The molecule has 1 aromatic rings. The molecule has 2 saturated carbocycles. The number of Topliss-reactive ketones (excluding diaryl/α,β-unsaturated/α-hetero) is 1. The van der Waals surface area contributed by atoms with Crippen molar-refractivity contribution in [3.63, 3.8) is 0 Å². The molecule has 0 aliphatic heterocycles. The van der Waals surface area contributed by atoms with Crippen molar-refractivity contribution in [1.82, 2.24) is 0 Å². The second-order valence-corrected chi connectivity index (χ2v) is 6.39. The van der Waals surface area contributed by atoms with Crippen LogP contribution in [0.1, 0.15) is 32.3 Å². The van der Waals surface area contributed by atoms with Gasteiger partial charge in [0.05, 0.1) is 12.0 Å². The second kappa shape index (κ2) is 4.04. The van der Waals surface area contributed by atoms with E-state index in [1.807, 2.05) is 36.4 Å². The Labute approximate surface area is 114 Å². The van der Waals surface area contributed by atoms with Crippen molar-refractivity contribution in [3.8, 4) is 0 Å². The minimum atomic E-state index is -0.543. The summed E-state index contributed by atoms with van der Waals surface area (Å²) >= 11 is 0. The van der Waals surface area contributed by atoms with Crippen LogP contribution in [0, 0.1) is 16.7 Å². The van der Waals surface area contributed by atoms with Gasteiger partial charge < -0.3 is 5.11 Å². The standard InChI is InChI=1S/C17H20O2/c1-16(2)14-8-9-17(16,11-18)15(19)13(14)10-12-6-4-3-5-7-12/h3-7,10,14,18H,8-9,11H2,1-2H3. The van der Waals surface area contributed by atoms with Gasteiger partial charge in [0.2, 0.25) is 0 Å². The zero-order valence-corrected chi connectivity index (χ0v) is 11.5. The van der Waals surface area contributed by atoms with E-state index in [4.69, 9.17) is 0 Å². The van der Waals surface area contributed by atoms with E-state index in [1.54, 1.807) is 0 Å².